The Morgan fingerprint density at radius 3 is 2.22 bits per heavy atom. The van der Waals surface area contributed by atoms with Crippen molar-refractivity contribution in [1.82, 2.24) is 4.90 Å². The van der Waals surface area contributed by atoms with Crippen LogP contribution in [0.1, 0.15) is 57.9 Å². The molecule has 23 heavy (non-hydrogen) atoms. The molecule has 3 nitrogen and oxygen atoms in total. The van der Waals surface area contributed by atoms with Crippen LogP contribution in [0, 0.1) is 0 Å². The maximum atomic E-state index is 11.9. The van der Waals surface area contributed by atoms with E-state index >= 15 is 0 Å². The first-order valence-corrected chi connectivity index (χ1v) is 9.18. The second-order valence-corrected chi connectivity index (χ2v) is 6.15. The van der Waals surface area contributed by atoms with Crippen molar-refractivity contribution in [2.45, 2.75) is 58.8 Å². The van der Waals surface area contributed by atoms with Crippen LogP contribution in [0.4, 0.5) is 0 Å². The first-order valence-electron chi connectivity index (χ1n) is 9.18. The first kappa shape index (κ1) is 19.7. The van der Waals surface area contributed by atoms with Crippen LogP contribution in [0.2, 0.25) is 0 Å². The van der Waals surface area contributed by atoms with E-state index in [0.29, 0.717) is 13.2 Å². The number of carbonyl (C=O) groups excluding carboxylic acids is 1. The average Bonchev–Trinajstić information content (AvgIpc) is 2.58. The normalized spacial score (nSPS) is 10.9. The van der Waals surface area contributed by atoms with Crippen molar-refractivity contribution < 1.29 is 9.53 Å². The zero-order chi connectivity index (χ0) is 16.8. The second kappa shape index (κ2) is 13.1. The van der Waals surface area contributed by atoms with E-state index in [1.807, 2.05) is 6.07 Å². The Bertz CT molecular complexity index is 397. The molecule has 0 saturated carbocycles. The molecule has 0 aliphatic carbocycles. The maximum absolute atomic E-state index is 11.9. The van der Waals surface area contributed by atoms with Crippen LogP contribution in [0.25, 0.3) is 0 Å². The van der Waals surface area contributed by atoms with E-state index in [1.54, 1.807) is 0 Å². The van der Waals surface area contributed by atoms with Crippen molar-refractivity contribution in [3.8, 4) is 0 Å². The minimum absolute atomic E-state index is 0.0723. The zero-order valence-electron chi connectivity index (χ0n) is 14.9. The molecule has 0 saturated heterocycles. The highest BCUT2D eigenvalue weighted by atomic mass is 16.5. The SMILES string of the molecule is CCCCN(CCCC)CC(=O)OCCCCc1ccccc1. The topological polar surface area (TPSA) is 29.5 Å². The van der Waals surface area contributed by atoms with Crippen LogP contribution in [0.15, 0.2) is 30.3 Å². The molecular formula is C20H33NO2. The predicted octanol–water partition coefficient (Wildman–Crippen LogP) is 4.45. The number of hydrogen-bond donors (Lipinski definition) is 0. The van der Waals surface area contributed by atoms with Gasteiger partial charge in [-0.15, -0.1) is 0 Å². The minimum Gasteiger partial charge on any atom is -0.465 e. The van der Waals surface area contributed by atoms with Gasteiger partial charge in [0.1, 0.15) is 0 Å². The number of benzene rings is 1. The number of esters is 1. The lowest BCUT2D eigenvalue weighted by molar-refractivity contribution is -0.145. The number of unbranched alkanes of at least 4 members (excludes halogenated alkanes) is 3. The zero-order valence-corrected chi connectivity index (χ0v) is 14.9. The quantitative estimate of drug-likeness (QED) is 0.397. The fourth-order valence-corrected chi connectivity index (χ4v) is 2.52. The number of ether oxygens (including phenoxy) is 1. The van der Waals surface area contributed by atoms with Crippen molar-refractivity contribution in [3.05, 3.63) is 35.9 Å². The van der Waals surface area contributed by atoms with Gasteiger partial charge in [-0.1, -0.05) is 57.0 Å². The van der Waals surface area contributed by atoms with Gasteiger partial charge in [-0.25, -0.2) is 0 Å². The molecule has 0 aliphatic heterocycles. The van der Waals surface area contributed by atoms with Gasteiger partial charge in [-0.2, -0.15) is 0 Å². The third kappa shape index (κ3) is 10.1. The summed E-state index contributed by atoms with van der Waals surface area (Å²) in [6, 6.07) is 10.5. The highest BCUT2D eigenvalue weighted by Crippen LogP contribution is 2.05. The summed E-state index contributed by atoms with van der Waals surface area (Å²) in [5.41, 5.74) is 1.35. The van der Waals surface area contributed by atoms with Gasteiger partial charge in [-0.3, -0.25) is 9.69 Å². The molecular weight excluding hydrogens is 286 g/mol. The summed E-state index contributed by atoms with van der Waals surface area (Å²) in [6.07, 6.45) is 7.67. The first-order chi connectivity index (χ1) is 11.3. The second-order valence-electron chi connectivity index (χ2n) is 6.15. The summed E-state index contributed by atoms with van der Waals surface area (Å²) in [5.74, 6) is -0.0723. The smallest absolute Gasteiger partial charge is 0.320 e. The van der Waals surface area contributed by atoms with E-state index in [9.17, 15) is 4.79 Å². The third-order valence-electron chi connectivity index (χ3n) is 3.97. The molecule has 0 fully saturated rings. The Morgan fingerprint density at radius 1 is 0.957 bits per heavy atom. The van der Waals surface area contributed by atoms with Gasteiger partial charge < -0.3 is 4.74 Å². The summed E-state index contributed by atoms with van der Waals surface area (Å²) < 4.78 is 5.39. The van der Waals surface area contributed by atoms with E-state index in [1.165, 1.54) is 5.56 Å². The van der Waals surface area contributed by atoms with Crippen molar-refractivity contribution >= 4 is 5.97 Å². The fourth-order valence-electron chi connectivity index (χ4n) is 2.52. The molecule has 0 bridgehead atoms. The molecule has 0 atom stereocenters. The van der Waals surface area contributed by atoms with Crippen LogP contribution in [0.3, 0.4) is 0 Å². The lowest BCUT2D eigenvalue weighted by Crippen LogP contribution is -2.33. The molecule has 0 unspecified atom stereocenters. The minimum atomic E-state index is -0.0723. The summed E-state index contributed by atoms with van der Waals surface area (Å²) >= 11 is 0. The molecule has 3 heteroatoms. The summed E-state index contributed by atoms with van der Waals surface area (Å²) in [7, 11) is 0. The average molecular weight is 319 g/mol. The van der Waals surface area contributed by atoms with Crippen molar-refractivity contribution in [3.63, 3.8) is 0 Å². The van der Waals surface area contributed by atoms with Gasteiger partial charge >= 0.3 is 5.97 Å². The van der Waals surface area contributed by atoms with Gasteiger partial charge in [0, 0.05) is 0 Å². The van der Waals surface area contributed by atoms with Crippen LogP contribution in [-0.2, 0) is 16.0 Å². The molecule has 0 radical (unpaired) electrons. The highest BCUT2D eigenvalue weighted by molar-refractivity contribution is 5.71. The van der Waals surface area contributed by atoms with Crippen LogP contribution in [0.5, 0.6) is 0 Å². The lowest BCUT2D eigenvalue weighted by Gasteiger charge is -2.20. The monoisotopic (exact) mass is 319 g/mol. The number of hydrogen-bond acceptors (Lipinski definition) is 3. The fraction of sp³-hybridized carbons (Fsp3) is 0.650. The van der Waals surface area contributed by atoms with Crippen LogP contribution < -0.4 is 0 Å². The number of nitrogens with zero attached hydrogens (tertiary/aromatic N) is 1. The van der Waals surface area contributed by atoms with E-state index in [-0.39, 0.29) is 5.97 Å². The lowest BCUT2D eigenvalue weighted by atomic mass is 10.1. The number of rotatable bonds is 13. The third-order valence-corrected chi connectivity index (χ3v) is 3.97. The number of aryl methyl sites for hydroxylation is 1. The Morgan fingerprint density at radius 2 is 1.61 bits per heavy atom. The summed E-state index contributed by atoms with van der Waals surface area (Å²) in [4.78, 5) is 14.2. The molecule has 1 aromatic carbocycles. The molecule has 0 aliphatic rings. The van der Waals surface area contributed by atoms with E-state index in [2.05, 4.69) is 43.0 Å². The summed E-state index contributed by atoms with van der Waals surface area (Å²) in [5, 5.41) is 0. The Kier molecular flexibility index (Phi) is 11.2. The van der Waals surface area contributed by atoms with Crippen LogP contribution >= 0.6 is 0 Å². The van der Waals surface area contributed by atoms with Gasteiger partial charge in [0.15, 0.2) is 0 Å². The number of carbonyl (C=O) groups is 1. The van der Waals surface area contributed by atoms with E-state index < -0.39 is 0 Å². The van der Waals surface area contributed by atoms with Crippen molar-refractivity contribution in [1.29, 1.82) is 0 Å². The maximum Gasteiger partial charge on any atom is 0.320 e. The molecule has 0 spiro atoms. The molecule has 1 aromatic rings. The Hall–Kier alpha value is -1.35. The van der Waals surface area contributed by atoms with E-state index in [0.717, 1.165) is 58.0 Å². The molecule has 130 valence electrons. The molecule has 0 aromatic heterocycles. The van der Waals surface area contributed by atoms with Gasteiger partial charge in [0.25, 0.3) is 0 Å². The van der Waals surface area contributed by atoms with Gasteiger partial charge in [0.2, 0.25) is 0 Å². The Balaban J connectivity index is 2.13. The molecule has 0 N–H and O–H groups in total. The van der Waals surface area contributed by atoms with Crippen molar-refractivity contribution in [2.24, 2.45) is 0 Å². The largest absolute Gasteiger partial charge is 0.465 e. The standard InChI is InChI=1S/C20H33NO2/c1-3-5-15-21(16-6-4-2)18-20(22)23-17-11-10-14-19-12-8-7-9-13-19/h7-9,12-13H,3-6,10-11,14-18H2,1-2H3. The van der Waals surface area contributed by atoms with Crippen LogP contribution in [-0.4, -0.2) is 37.1 Å². The van der Waals surface area contributed by atoms with Gasteiger partial charge in [0.05, 0.1) is 13.2 Å². The molecule has 0 heterocycles. The Labute approximate surface area is 142 Å². The predicted molar refractivity (Wildman–Crippen MR) is 96.6 cm³/mol. The molecule has 0 amide bonds. The summed E-state index contributed by atoms with van der Waals surface area (Å²) in [6.45, 7) is 7.35. The van der Waals surface area contributed by atoms with Gasteiger partial charge in [-0.05, 0) is 50.8 Å². The molecule has 1 rings (SSSR count). The van der Waals surface area contributed by atoms with Crippen molar-refractivity contribution in [2.75, 3.05) is 26.2 Å². The highest BCUT2D eigenvalue weighted by Gasteiger charge is 2.10. The van der Waals surface area contributed by atoms with E-state index in [4.69, 9.17) is 4.74 Å².